The van der Waals surface area contributed by atoms with E-state index >= 15 is 0 Å². The topological polar surface area (TPSA) is 44.5 Å². The Bertz CT molecular complexity index is 572. The molecule has 106 valence electrons. The Morgan fingerprint density at radius 1 is 1.00 bits per heavy atom. The molecule has 0 radical (unpaired) electrons. The van der Waals surface area contributed by atoms with Crippen LogP contribution in [0.2, 0.25) is 0 Å². The van der Waals surface area contributed by atoms with Crippen LogP contribution in [0.15, 0.2) is 42.5 Å². The number of hydrogen-bond donors (Lipinski definition) is 1. The molecular weight excluding hydrogens is 257 g/mol. The van der Waals surface area contributed by atoms with E-state index in [0.717, 1.165) is 16.9 Å². The first-order chi connectivity index (χ1) is 9.72. The van der Waals surface area contributed by atoms with E-state index in [-0.39, 0.29) is 12.4 Å². The number of ether oxygens (including phenoxy) is 2. The fraction of sp³-hybridized carbons (Fsp3) is 0.250. The second kappa shape index (κ2) is 6.91. The lowest BCUT2D eigenvalue weighted by molar-refractivity contribution is 0.298. The van der Waals surface area contributed by atoms with Gasteiger partial charge in [-0.1, -0.05) is 12.1 Å². The summed E-state index contributed by atoms with van der Waals surface area (Å²) >= 11 is 0. The van der Waals surface area contributed by atoms with Crippen LogP contribution in [-0.2, 0) is 13.2 Å². The average Bonchev–Trinajstić information content (AvgIpc) is 2.46. The molecule has 0 atom stereocenters. The number of nitrogens with two attached hydrogens (primary N) is 1. The van der Waals surface area contributed by atoms with Crippen molar-refractivity contribution in [2.75, 3.05) is 6.61 Å². The molecule has 0 amide bonds. The molecule has 3 nitrogen and oxygen atoms in total. The van der Waals surface area contributed by atoms with Gasteiger partial charge in [0.25, 0.3) is 0 Å². The fourth-order valence-electron chi connectivity index (χ4n) is 1.91. The largest absolute Gasteiger partial charge is 0.494 e. The number of halogens is 1. The third kappa shape index (κ3) is 3.71. The molecular formula is C16H18FNO2. The van der Waals surface area contributed by atoms with Crippen LogP contribution in [0, 0.1) is 5.82 Å². The Balaban J connectivity index is 2.06. The SMILES string of the molecule is CCOc1cccc(OCc2ccc(F)cc2CN)c1. The van der Waals surface area contributed by atoms with Crippen LogP contribution in [0.5, 0.6) is 11.5 Å². The molecule has 2 aromatic rings. The van der Waals surface area contributed by atoms with Crippen molar-refractivity contribution in [3.63, 3.8) is 0 Å². The standard InChI is InChI=1S/C16H18FNO2/c1-2-19-15-4-3-5-16(9-15)20-11-12-6-7-14(17)8-13(12)10-18/h3-9H,2,10-11,18H2,1H3. The second-order valence-electron chi connectivity index (χ2n) is 4.31. The molecule has 0 fully saturated rings. The van der Waals surface area contributed by atoms with Gasteiger partial charge in [-0.15, -0.1) is 0 Å². The first kappa shape index (κ1) is 14.3. The van der Waals surface area contributed by atoms with Crippen molar-refractivity contribution >= 4 is 0 Å². The van der Waals surface area contributed by atoms with E-state index in [4.69, 9.17) is 15.2 Å². The van der Waals surface area contributed by atoms with E-state index in [1.54, 1.807) is 6.07 Å². The summed E-state index contributed by atoms with van der Waals surface area (Å²) in [7, 11) is 0. The van der Waals surface area contributed by atoms with E-state index in [0.29, 0.717) is 19.0 Å². The van der Waals surface area contributed by atoms with Gasteiger partial charge in [-0.05, 0) is 42.3 Å². The van der Waals surface area contributed by atoms with Crippen LogP contribution in [0.4, 0.5) is 4.39 Å². The summed E-state index contributed by atoms with van der Waals surface area (Å²) in [6.45, 7) is 3.18. The summed E-state index contributed by atoms with van der Waals surface area (Å²) < 4.78 is 24.2. The molecule has 0 spiro atoms. The van der Waals surface area contributed by atoms with Gasteiger partial charge in [0.15, 0.2) is 0 Å². The summed E-state index contributed by atoms with van der Waals surface area (Å²) in [5.74, 6) is 1.19. The van der Waals surface area contributed by atoms with Gasteiger partial charge in [0.2, 0.25) is 0 Å². The van der Waals surface area contributed by atoms with Crippen molar-refractivity contribution in [3.05, 3.63) is 59.4 Å². The zero-order valence-corrected chi connectivity index (χ0v) is 11.4. The number of benzene rings is 2. The smallest absolute Gasteiger partial charge is 0.123 e. The van der Waals surface area contributed by atoms with Gasteiger partial charge < -0.3 is 15.2 Å². The summed E-state index contributed by atoms with van der Waals surface area (Å²) in [4.78, 5) is 0. The van der Waals surface area contributed by atoms with Crippen molar-refractivity contribution in [1.82, 2.24) is 0 Å². The summed E-state index contributed by atoms with van der Waals surface area (Å²) in [5.41, 5.74) is 7.25. The number of hydrogen-bond acceptors (Lipinski definition) is 3. The maximum atomic E-state index is 13.1. The lowest BCUT2D eigenvalue weighted by atomic mass is 10.1. The highest BCUT2D eigenvalue weighted by Gasteiger charge is 2.04. The molecule has 0 heterocycles. The molecule has 2 aromatic carbocycles. The van der Waals surface area contributed by atoms with Gasteiger partial charge in [0, 0.05) is 12.6 Å². The van der Waals surface area contributed by atoms with Crippen LogP contribution in [-0.4, -0.2) is 6.61 Å². The fourth-order valence-corrected chi connectivity index (χ4v) is 1.91. The van der Waals surface area contributed by atoms with E-state index in [9.17, 15) is 4.39 Å². The van der Waals surface area contributed by atoms with Crippen molar-refractivity contribution in [3.8, 4) is 11.5 Å². The van der Waals surface area contributed by atoms with Gasteiger partial charge in [-0.3, -0.25) is 0 Å². The lowest BCUT2D eigenvalue weighted by Gasteiger charge is -2.11. The van der Waals surface area contributed by atoms with Crippen LogP contribution in [0.1, 0.15) is 18.1 Å². The highest BCUT2D eigenvalue weighted by Crippen LogP contribution is 2.21. The van der Waals surface area contributed by atoms with Crippen LogP contribution in [0.3, 0.4) is 0 Å². The van der Waals surface area contributed by atoms with Crippen molar-refractivity contribution in [1.29, 1.82) is 0 Å². The van der Waals surface area contributed by atoms with Gasteiger partial charge in [-0.25, -0.2) is 4.39 Å². The molecule has 2 N–H and O–H groups in total. The van der Waals surface area contributed by atoms with Crippen LogP contribution < -0.4 is 15.2 Å². The minimum atomic E-state index is -0.285. The Hall–Kier alpha value is -2.07. The zero-order valence-electron chi connectivity index (χ0n) is 11.4. The summed E-state index contributed by atoms with van der Waals surface area (Å²) in [6, 6.07) is 12.0. The molecule has 2 rings (SSSR count). The summed E-state index contributed by atoms with van der Waals surface area (Å²) in [6.07, 6.45) is 0. The first-order valence-corrected chi connectivity index (χ1v) is 6.56. The Morgan fingerprint density at radius 2 is 1.75 bits per heavy atom. The lowest BCUT2D eigenvalue weighted by Crippen LogP contribution is -2.05. The van der Waals surface area contributed by atoms with Gasteiger partial charge in [-0.2, -0.15) is 0 Å². The third-order valence-corrected chi connectivity index (χ3v) is 2.90. The Kier molecular flexibility index (Phi) is 4.96. The molecule has 0 saturated carbocycles. The van der Waals surface area contributed by atoms with E-state index in [1.807, 2.05) is 31.2 Å². The molecule has 0 aliphatic carbocycles. The summed E-state index contributed by atoms with van der Waals surface area (Å²) in [5, 5.41) is 0. The quantitative estimate of drug-likeness (QED) is 0.880. The van der Waals surface area contributed by atoms with E-state index < -0.39 is 0 Å². The van der Waals surface area contributed by atoms with Crippen molar-refractivity contribution < 1.29 is 13.9 Å². The van der Waals surface area contributed by atoms with Crippen molar-refractivity contribution in [2.45, 2.75) is 20.1 Å². The average molecular weight is 275 g/mol. The van der Waals surface area contributed by atoms with Crippen LogP contribution in [0.25, 0.3) is 0 Å². The predicted molar refractivity (Wildman–Crippen MR) is 76.2 cm³/mol. The number of rotatable bonds is 6. The predicted octanol–water partition coefficient (Wildman–Crippen LogP) is 3.26. The zero-order chi connectivity index (χ0) is 14.4. The normalized spacial score (nSPS) is 10.3. The van der Waals surface area contributed by atoms with E-state index in [2.05, 4.69) is 0 Å². The Morgan fingerprint density at radius 3 is 2.45 bits per heavy atom. The van der Waals surface area contributed by atoms with E-state index in [1.165, 1.54) is 12.1 Å². The van der Waals surface area contributed by atoms with Crippen molar-refractivity contribution in [2.24, 2.45) is 5.73 Å². The third-order valence-electron chi connectivity index (χ3n) is 2.90. The maximum absolute atomic E-state index is 13.1. The molecule has 0 bridgehead atoms. The Labute approximate surface area is 118 Å². The highest BCUT2D eigenvalue weighted by molar-refractivity contribution is 5.34. The van der Waals surface area contributed by atoms with Crippen LogP contribution >= 0.6 is 0 Å². The molecule has 0 saturated heterocycles. The first-order valence-electron chi connectivity index (χ1n) is 6.56. The minimum absolute atomic E-state index is 0.285. The maximum Gasteiger partial charge on any atom is 0.123 e. The highest BCUT2D eigenvalue weighted by atomic mass is 19.1. The van der Waals surface area contributed by atoms with Gasteiger partial charge in [0.1, 0.15) is 23.9 Å². The van der Waals surface area contributed by atoms with Gasteiger partial charge in [0.05, 0.1) is 6.61 Å². The molecule has 0 aliphatic rings. The monoisotopic (exact) mass is 275 g/mol. The molecule has 0 aromatic heterocycles. The van der Waals surface area contributed by atoms with Gasteiger partial charge >= 0.3 is 0 Å². The molecule has 20 heavy (non-hydrogen) atoms. The molecule has 0 aliphatic heterocycles. The molecule has 0 unspecified atom stereocenters. The molecule has 4 heteroatoms. The minimum Gasteiger partial charge on any atom is -0.494 e. The second-order valence-corrected chi connectivity index (χ2v) is 4.31.